The average molecular weight is 144 g/mol. The van der Waals surface area contributed by atoms with Gasteiger partial charge in [-0.2, -0.15) is 0 Å². The molecule has 1 rings (SSSR count). The average Bonchev–Trinajstić information content (AvgIpc) is 2.36. The summed E-state index contributed by atoms with van der Waals surface area (Å²) in [4.78, 5) is 16.0. The number of nitrogens with zero attached hydrogens (tertiary/aromatic N) is 1. The van der Waals surface area contributed by atoms with Gasteiger partial charge in [-0.15, -0.1) is 0 Å². The lowest BCUT2D eigenvalue weighted by atomic mass is 10.3. The summed E-state index contributed by atoms with van der Waals surface area (Å²) in [5.41, 5.74) is 5.34. The maximum absolute atomic E-state index is 11.0. The summed E-state index contributed by atoms with van der Waals surface area (Å²) >= 11 is 0. The zero-order valence-corrected chi connectivity index (χ0v) is 6.04. The second kappa shape index (κ2) is 2.98. The van der Waals surface area contributed by atoms with Crippen LogP contribution in [-0.4, -0.2) is 30.2 Å². The third-order valence-electron chi connectivity index (χ3n) is 1.39. The molecule has 1 unspecified atom stereocenters. The smallest absolute Gasteiger partial charge is 0.262 e. The van der Waals surface area contributed by atoms with Crippen molar-refractivity contribution in [3.05, 3.63) is 0 Å². The molecule has 0 aliphatic carbocycles. The van der Waals surface area contributed by atoms with Gasteiger partial charge in [0.25, 0.3) is 5.91 Å². The lowest BCUT2D eigenvalue weighted by molar-refractivity contribution is -0.169. The van der Waals surface area contributed by atoms with E-state index < -0.39 is 6.04 Å². The van der Waals surface area contributed by atoms with Gasteiger partial charge in [-0.05, 0) is 13.3 Å². The number of nitrogens with two attached hydrogens (primary N) is 1. The first-order chi connectivity index (χ1) is 4.72. The van der Waals surface area contributed by atoms with Crippen LogP contribution in [0, 0.1) is 0 Å². The Morgan fingerprint density at radius 1 is 1.80 bits per heavy atom. The highest BCUT2D eigenvalue weighted by Crippen LogP contribution is 2.04. The maximum atomic E-state index is 11.0. The highest BCUT2D eigenvalue weighted by Gasteiger charge is 2.21. The fourth-order valence-electron chi connectivity index (χ4n) is 0.848. The SMILES string of the molecule is CC(N)C(=O)N1CCCO1. The minimum Gasteiger partial charge on any atom is -0.320 e. The Hall–Kier alpha value is -0.610. The van der Waals surface area contributed by atoms with E-state index in [9.17, 15) is 4.79 Å². The summed E-state index contributed by atoms with van der Waals surface area (Å²) in [6.45, 7) is 2.98. The molecule has 1 aliphatic heterocycles. The van der Waals surface area contributed by atoms with E-state index in [1.165, 1.54) is 5.06 Å². The van der Waals surface area contributed by atoms with Crippen molar-refractivity contribution < 1.29 is 9.63 Å². The quantitative estimate of drug-likeness (QED) is 0.539. The molecule has 1 aliphatic rings. The van der Waals surface area contributed by atoms with Crippen LogP contribution < -0.4 is 5.73 Å². The predicted molar refractivity (Wildman–Crippen MR) is 35.9 cm³/mol. The Balaban J connectivity index is 2.40. The summed E-state index contributed by atoms with van der Waals surface area (Å²) in [5.74, 6) is -0.127. The molecule has 2 N–H and O–H groups in total. The van der Waals surface area contributed by atoms with Crippen LogP contribution in [-0.2, 0) is 9.63 Å². The zero-order chi connectivity index (χ0) is 7.56. The van der Waals surface area contributed by atoms with Gasteiger partial charge in [0.15, 0.2) is 0 Å². The molecular weight excluding hydrogens is 132 g/mol. The molecule has 0 bridgehead atoms. The van der Waals surface area contributed by atoms with E-state index in [0.717, 1.165) is 6.42 Å². The molecule has 1 atom stereocenters. The van der Waals surface area contributed by atoms with Gasteiger partial charge in [-0.1, -0.05) is 0 Å². The van der Waals surface area contributed by atoms with Crippen molar-refractivity contribution in [2.45, 2.75) is 19.4 Å². The van der Waals surface area contributed by atoms with E-state index in [4.69, 9.17) is 10.6 Å². The lowest BCUT2D eigenvalue weighted by Gasteiger charge is -2.15. The highest BCUT2D eigenvalue weighted by atomic mass is 16.7. The summed E-state index contributed by atoms with van der Waals surface area (Å²) in [6.07, 6.45) is 0.915. The van der Waals surface area contributed by atoms with Gasteiger partial charge in [0.2, 0.25) is 0 Å². The standard InChI is InChI=1S/C6H12N2O2/c1-5(7)6(9)8-3-2-4-10-8/h5H,2-4,7H2,1H3. The summed E-state index contributed by atoms with van der Waals surface area (Å²) in [6, 6.07) is -0.446. The fraction of sp³-hybridized carbons (Fsp3) is 0.833. The van der Waals surface area contributed by atoms with Gasteiger partial charge < -0.3 is 5.73 Å². The number of rotatable bonds is 1. The number of carbonyl (C=O) groups excluding carboxylic acids is 1. The van der Waals surface area contributed by atoms with Crippen LogP contribution in [0.3, 0.4) is 0 Å². The molecule has 1 heterocycles. The molecule has 1 amide bonds. The minimum atomic E-state index is -0.446. The van der Waals surface area contributed by atoms with Crippen molar-refractivity contribution in [3.8, 4) is 0 Å². The van der Waals surface area contributed by atoms with E-state index in [1.807, 2.05) is 0 Å². The monoisotopic (exact) mass is 144 g/mol. The fourth-order valence-corrected chi connectivity index (χ4v) is 0.848. The molecule has 0 aromatic rings. The third-order valence-corrected chi connectivity index (χ3v) is 1.39. The minimum absolute atomic E-state index is 0.127. The number of hydrogen-bond acceptors (Lipinski definition) is 3. The lowest BCUT2D eigenvalue weighted by Crippen LogP contribution is -2.39. The number of hydrogen-bond donors (Lipinski definition) is 1. The van der Waals surface area contributed by atoms with Crippen molar-refractivity contribution in [3.63, 3.8) is 0 Å². The van der Waals surface area contributed by atoms with E-state index in [0.29, 0.717) is 13.2 Å². The van der Waals surface area contributed by atoms with Crippen molar-refractivity contribution in [1.82, 2.24) is 5.06 Å². The summed E-state index contributed by atoms with van der Waals surface area (Å²) in [5, 5.41) is 1.34. The van der Waals surface area contributed by atoms with Crippen LogP contribution in [0.15, 0.2) is 0 Å². The van der Waals surface area contributed by atoms with E-state index in [2.05, 4.69) is 0 Å². The van der Waals surface area contributed by atoms with Gasteiger partial charge in [0.1, 0.15) is 0 Å². The van der Waals surface area contributed by atoms with Gasteiger partial charge in [0.05, 0.1) is 19.2 Å². The van der Waals surface area contributed by atoms with Crippen molar-refractivity contribution in [2.75, 3.05) is 13.2 Å². The maximum Gasteiger partial charge on any atom is 0.262 e. The highest BCUT2D eigenvalue weighted by molar-refractivity contribution is 5.80. The molecule has 0 radical (unpaired) electrons. The first-order valence-corrected chi connectivity index (χ1v) is 3.41. The number of amides is 1. The van der Waals surface area contributed by atoms with Crippen molar-refractivity contribution in [1.29, 1.82) is 0 Å². The Kier molecular flexibility index (Phi) is 2.24. The Morgan fingerprint density at radius 3 is 2.90 bits per heavy atom. The second-order valence-electron chi connectivity index (χ2n) is 2.42. The van der Waals surface area contributed by atoms with E-state index in [-0.39, 0.29) is 5.91 Å². The van der Waals surface area contributed by atoms with E-state index >= 15 is 0 Å². The largest absolute Gasteiger partial charge is 0.320 e. The Labute approximate surface area is 59.9 Å². The van der Waals surface area contributed by atoms with Crippen molar-refractivity contribution in [2.24, 2.45) is 5.73 Å². The molecule has 0 saturated carbocycles. The van der Waals surface area contributed by atoms with Crippen LogP contribution in [0.2, 0.25) is 0 Å². The molecule has 4 nitrogen and oxygen atoms in total. The van der Waals surface area contributed by atoms with E-state index in [1.54, 1.807) is 6.92 Å². The molecule has 0 spiro atoms. The normalized spacial score (nSPS) is 21.2. The topological polar surface area (TPSA) is 55.6 Å². The second-order valence-corrected chi connectivity index (χ2v) is 2.42. The van der Waals surface area contributed by atoms with Crippen LogP contribution in [0.25, 0.3) is 0 Å². The van der Waals surface area contributed by atoms with Gasteiger partial charge >= 0.3 is 0 Å². The van der Waals surface area contributed by atoms with Gasteiger partial charge in [0, 0.05) is 0 Å². The van der Waals surface area contributed by atoms with Crippen LogP contribution >= 0.6 is 0 Å². The van der Waals surface area contributed by atoms with Crippen LogP contribution in [0.1, 0.15) is 13.3 Å². The Morgan fingerprint density at radius 2 is 2.50 bits per heavy atom. The predicted octanol–water partition coefficient (Wildman–Crippen LogP) is -0.502. The van der Waals surface area contributed by atoms with Crippen LogP contribution in [0.5, 0.6) is 0 Å². The number of hydroxylamine groups is 2. The first kappa shape index (κ1) is 7.50. The summed E-state index contributed by atoms with van der Waals surface area (Å²) < 4.78 is 0. The number of carbonyl (C=O) groups is 1. The van der Waals surface area contributed by atoms with Gasteiger partial charge in [-0.3, -0.25) is 9.63 Å². The molecule has 1 saturated heterocycles. The Bertz CT molecular complexity index is 130. The van der Waals surface area contributed by atoms with Crippen LogP contribution in [0.4, 0.5) is 0 Å². The molecule has 1 fully saturated rings. The van der Waals surface area contributed by atoms with Crippen molar-refractivity contribution >= 4 is 5.91 Å². The molecule has 0 aromatic carbocycles. The molecule has 0 aromatic heterocycles. The first-order valence-electron chi connectivity index (χ1n) is 3.41. The molecule has 10 heavy (non-hydrogen) atoms. The summed E-state index contributed by atoms with van der Waals surface area (Å²) in [7, 11) is 0. The zero-order valence-electron chi connectivity index (χ0n) is 6.04. The molecule has 4 heteroatoms. The molecular formula is C6H12N2O2. The van der Waals surface area contributed by atoms with Gasteiger partial charge in [-0.25, -0.2) is 5.06 Å². The molecule has 58 valence electrons. The third kappa shape index (κ3) is 1.46.